The summed E-state index contributed by atoms with van der Waals surface area (Å²) in [4.78, 5) is 36.2. The summed E-state index contributed by atoms with van der Waals surface area (Å²) in [6.45, 7) is 1.58. The molecule has 8 nitrogen and oxygen atoms in total. The molecule has 2 N–H and O–H groups in total. The lowest BCUT2D eigenvalue weighted by molar-refractivity contribution is -0.147. The zero-order valence-electron chi connectivity index (χ0n) is 19.7. The second-order valence-corrected chi connectivity index (χ2v) is 7.55. The number of amides is 2. The Balaban J connectivity index is 1.39. The van der Waals surface area contributed by atoms with Crippen LogP contribution in [-0.4, -0.2) is 31.5 Å². The first-order valence-electron chi connectivity index (χ1n) is 11.2. The molecule has 0 aromatic heterocycles. The number of hydrogen-bond donors (Lipinski definition) is 2. The molecular weight excluding hydrogens is 448 g/mol. The van der Waals surface area contributed by atoms with Crippen LogP contribution < -0.4 is 20.1 Å². The Morgan fingerprint density at radius 3 is 2.17 bits per heavy atom. The molecule has 182 valence electrons. The average molecular weight is 477 g/mol. The highest BCUT2D eigenvalue weighted by atomic mass is 16.5. The summed E-state index contributed by atoms with van der Waals surface area (Å²) in [5.41, 5.74) is 2.24. The van der Waals surface area contributed by atoms with E-state index in [9.17, 15) is 14.4 Å². The van der Waals surface area contributed by atoms with Gasteiger partial charge in [0.1, 0.15) is 5.75 Å². The predicted molar refractivity (Wildman–Crippen MR) is 133 cm³/mol. The van der Waals surface area contributed by atoms with Crippen molar-refractivity contribution in [2.75, 3.05) is 24.4 Å². The van der Waals surface area contributed by atoms with Gasteiger partial charge in [-0.3, -0.25) is 14.4 Å². The SMILES string of the molecule is CCc1ccccc1NC(=O)COC(=O)CCC(=O)Nc1ccc(Oc2ccccc2OC)cc1. The number of ether oxygens (including phenoxy) is 3. The van der Waals surface area contributed by atoms with Gasteiger partial charge in [0.25, 0.3) is 5.91 Å². The van der Waals surface area contributed by atoms with Crippen molar-refractivity contribution in [2.45, 2.75) is 26.2 Å². The van der Waals surface area contributed by atoms with E-state index in [4.69, 9.17) is 14.2 Å². The van der Waals surface area contributed by atoms with E-state index >= 15 is 0 Å². The lowest BCUT2D eigenvalue weighted by Gasteiger charge is -2.11. The van der Waals surface area contributed by atoms with E-state index in [2.05, 4.69) is 10.6 Å². The first kappa shape index (κ1) is 25.3. The van der Waals surface area contributed by atoms with E-state index in [1.165, 1.54) is 0 Å². The van der Waals surface area contributed by atoms with Crippen molar-refractivity contribution in [3.05, 3.63) is 78.4 Å². The number of carbonyl (C=O) groups is 3. The minimum absolute atomic E-state index is 0.0708. The van der Waals surface area contributed by atoms with Crippen LogP contribution in [-0.2, 0) is 25.5 Å². The van der Waals surface area contributed by atoms with Crippen LogP contribution in [0.3, 0.4) is 0 Å². The van der Waals surface area contributed by atoms with Crippen molar-refractivity contribution in [1.82, 2.24) is 0 Å². The fraction of sp³-hybridized carbons (Fsp3) is 0.222. The molecule has 0 radical (unpaired) electrons. The monoisotopic (exact) mass is 476 g/mol. The highest BCUT2D eigenvalue weighted by Gasteiger charge is 2.12. The molecule has 3 aromatic carbocycles. The van der Waals surface area contributed by atoms with Crippen LogP contribution in [0.4, 0.5) is 11.4 Å². The number of methoxy groups -OCH3 is 1. The Labute approximate surface area is 204 Å². The van der Waals surface area contributed by atoms with Gasteiger partial charge in [-0.05, 0) is 54.4 Å². The van der Waals surface area contributed by atoms with Crippen molar-refractivity contribution in [1.29, 1.82) is 0 Å². The fourth-order valence-electron chi connectivity index (χ4n) is 3.23. The molecule has 0 aliphatic rings. The molecule has 3 aromatic rings. The van der Waals surface area contributed by atoms with E-state index in [0.29, 0.717) is 28.6 Å². The van der Waals surface area contributed by atoms with E-state index in [1.807, 2.05) is 37.3 Å². The topological polar surface area (TPSA) is 103 Å². The average Bonchev–Trinajstić information content (AvgIpc) is 2.88. The molecule has 0 fully saturated rings. The predicted octanol–water partition coefficient (Wildman–Crippen LogP) is 4.95. The lowest BCUT2D eigenvalue weighted by atomic mass is 10.1. The lowest BCUT2D eigenvalue weighted by Crippen LogP contribution is -2.22. The Morgan fingerprint density at radius 1 is 0.771 bits per heavy atom. The van der Waals surface area contributed by atoms with Gasteiger partial charge in [0.15, 0.2) is 18.1 Å². The largest absolute Gasteiger partial charge is 0.493 e. The van der Waals surface area contributed by atoms with E-state index < -0.39 is 18.5 Å². The third-order valence-corrected chi connectivity index (χ3v) is 5.03. The van der Waals surface area contributed by atoms with Gasteiger partial charge >= 0.3 is 5.97 Å². The molecular formula is C27H28N2O6. The maximum atomic E-state index is 12.2. The van der Waals surface area contributed by atoms with Gasteiger partial charge in [-0.1, -0.05) is 37.3 Å². The molecule has 0 saturated heterocycles. The summed E-state index contributed by atoms with van der Waals surface area (Å²) in [7, 11) is 1.57. The first-order chi connectivity index (χ1) is 17.0. The van der Waals surface area contributed by atoms with Crippen LogP contribution >= 0.6 is 0 Å². The van der Waals surface area contributed by atoms with Gasteiger partial charge in [0.2, 0.25) is 5.91 Å². The van der Waals surface area contributed by atoms with Gasteiger partial charge in [-0.15, -0.1) is 0 Å². The maximum absolute atomic E-state index is 12.2. The molecule has 0 saturated carbocycles. The van der Waals surface area contributed by atoms with Crippen molar-refractivity contribution in [3.63, 3.8) is 0 Å². The number of para-hydroxylation sites is 3. The summed E-state index contributed by atoms with van der Waals surface area (Å²) in [6.07, 6.45) is 0.557. The van der Waals surface area contributed by atoms with Crippen LogP contribution in [0, 0.1) is 0 Å². The fourth-order valence-corrected chi connectivity index (χ4v) is 3.23. The van der Waals surface area contributed by atoms with Crippen LogP contribution in [0.2, 0.25) is 0 Å². The van der Waals surface area contributed by atoms with E-state index in [0.717, 1.165) is 12.0 Å². The smallest absolute Gasteiger partial charge is 0.306 e. The Morgan fingerprint density at radius 2 is 1.46 bits per heavy atom. The van der Waals surface area contributed by atoms with Gasteiger partial charge in [-0.25, -0.2) is 0 Å². The Hall–Kier alpha value is -4.33. The molecule has 0 bridgehead atoms. The Bertz CT molecular complexity index is 1160. The normalized spacial score (nSPS) is 10.2. The number of esters is 1. The minimum Gasteiger partial charge on any atom is -0.493 e. The first-order valence-corrected chi connectivity index (χ1v) is 11.2. The standard InChI is InChI=1S/C27H28N2O6/c1-3-19-8-4-5-9-22(19)29-26(31)18-34-27(32)17-16-25(30)28-20-12-14-21(15-13-20)35-24-11-7-6-10-23(24)33-2/h4-15H,3,16-18H2,1-2H3,(H,28,30)(H,29,31). The van der Waals surface area contributed by atoms with Crippen LogP contribution in [0.1, 0.15) is 25.3 Å². The molecule has 0 unspecified atom stereocenters. The van der Waals surface area contributed by atoms with Gasteiger partial charge < -0.3 is 24.8 Å². The second-order valence-electron chi connectivity index (χ2n) is 7.55. The number of hydrogen-bond acceptors (Lipinski definition) is 6. The molecule has 0 atom stereocenters. The third-order valence-electron chi connectivity index (χ3n) is 5.03. The summed E-state index contributed by atoms with van der Waals surface area (Å²) in [5.74, 6) is 0.366. The van der Waals surface area contributed by atoms with Gasteiger partial charge in [0, 0.05) is 17.8 Å². The maximum Gasteiger partial charge on any atom is 0.306 e. The quantitative estimate of drug-likeness (QED) is 0.380. The van der Waals surface area contributed by atoms with Crippen molar-refractivity contribution in [3.8, 4) is 17.2 Å². The highest BCUT2D eigenvalue weighted by molar-refractivity contribution is 5.94. The van der Waals surface area contributed by atoms with Gasteiger partial charge in [0.05, 0.1) is 13.5 Å². The van der Waals surface area contributed by atoms with Crippen molar-refractivity contribution < 1.29 is 28.6 Å². The molecule has 0 spiro atoms. The molecule has 0 aliphatic carbocycles. The van der Waals surface area contributed by atoms with E-state index in [-0.39, 0.29) is 18.7 Å². The summed E-state index contributed by atoms with van der Waals surface area (Å²) in [5, 5.41) is 5.44. The van der Waals surface area contributed by atoms with Crippen molar-refractivity contribution >= 4 is 29.2 Å². The molecule has 2 amide bonds. The number of benzene rings is 3. The zero-order chi connectivity index (χ0) is 25.0. The van der Waals surface area contributed by atoms with Crippen molar-refractivity contribution in [2.24, 2.45) is 0 Å². The molecule has 0 heterocycles. The van der Waals surface area contributed by atoms with Crippen LogP contribution in [0.15, 0.2) is 72.8 Å². The number of rotatable bonds is 11. The third kappa shape index (κ3) is 7.89. The van der Waals surface area contributed by atoms with Crippen LogP contribution in [0.5, 0.6) is 17.2 Å². The highest BCUT2D eigenvalue weighted by Crippen LogP contribution is 2.31. The summed E-state index contributed by atoms with van der Waals surface area (Å²) in [6, 6.07) is 21.5. The molecule has 3 rings (SSSR count). The summed E-state index contributed by atoms with van der Waals surface area (Å²) >= 11 is 0. The number of anilines is 2. The molecule has 0 aliphatic heterocycles. The van der Waals surface area contributed by atoms with E-state index in [1.54, 1.807) is 49.6 Å². The summed E-state index contributed by atoms with van der Waals surface area (Å²) < 4.78 is 16.1. The second kappa shape index (κ2) is 12.8. The zero-order valence-corrected chi connectivity index (χ0v) is 19.7. The molecule has 8 heteroatoms. The van der Waals surface area contributed by atoms with Gasteiger partial charge in [-0.2, -0.15) is 0 Å². The number of carbonyl (C=O) groups excluding carboxylic acids is 3. The number of aryl methyl sites for hydroxylation is 1. The Kier molecular flexibility index (Phi) is 9.24. The molecule has 35 heavy (non-hydrogen) atoms. The number of nitrogens with one attached hydrogen (secondary N) is 2. The van der Waals surface area contributed by atoms with Crippen LogP contribution in [0.25, 0.3) is 0 Å². The minimum atomic E-state index is -0.625.